The van der Waals surface area contributed by atoms with Crippen LogP contribution in [0, 0.1) is 12.8 Å². The molecule has 5 nitrogen and oxygen atoms in total. The average molecular weight is 333 g/mol. The second kappa shape index (κ2) is 6.45. The molecule has 0 bridgehead atoms. The van der Waals surface area contributed by atoms with Crippen LogP contribution < -0.4 is 0 Å². The molecule has 2 heterocycles. The number of carbonyl (C=O) groups excluding carboxylic acids is 1. The molecular formula is C17H23N3O2S. The van der Waals surface area contributed by atoms with Crippen molar-refractivity contribution in [1.29, 1.82) is 0 Å². The van der Waals surface area contributed by atoms with E-state index in [4.69, 9.17) is 0 Å². The largest absolute Gasteiger partial charge is 0.393 e. The van der Waals surface area contributed by atoms with Gasteiger partial charge in [0.05, 0.1) is 16.8 Å². The number of aliphatic hydroxyl groups is 1. The van der Waals surface area contributed by atoms with E-state index in [2.05, 4.69) is 4.98 Å². The molecule has 124 valence electrons. The van der Waals surface area contributed by atoms with Gasteiger partial charge in [-0.1, -0.05) is 6.42 Å². The lowest BCUT2D eigenvalue weighted by Crippen LogP contribution is -2.35. The Labute approximate surface area is 140 Å². The minimum atomic E-state index is -0.271. The minimum Gasteiger partial charge on any atom is -0.393 e. The van der Waals surface area contributed by atoms with Gasteiger partial charge in [-0.3, -0.25) is 4.79 Å². The summed E-state index contributed by atoms with van der Waals surface area (Å²) in [6.45, 7) is 2.58. The first-order valence-corrected chi connectivity index (χ1v) is 8.86. The van der Waals surface area contributed by atoms with Crippen molar-refractivity contribution in [2.45, 2.75) is 32.3 Å². The standard InChI is InChI=1S/C17H23N3O2S/c1-11-18-14(10-23-11)13-7-15(19(2)9-13)17(22)20(3)8-12-5-4-6-16(12)21/h7,9-10,12,16,21H,4-6,8H2,1-3H3. The molecule has 2 atom stereocenters. The topological polar surface area (TPSA) is 58.4 Å². The van der Waals surface area contributed by atoms with Gasteiger partial charge in [-0.25, -0.2) is 4.98 Å². The summed E-state index contributed by atoms with van der Waals surface area (Å²) in [5.41, 5.74) is 2.53. The number of aliphatic hydroxyl groups excluding tert-OH is 1. The van der Waals surface area contributed by atoms with Crippen LogP contribution in [0.5, 0.6) is 0 Å². The van der Waals surface area contributed by atoms with Crippen LogP contribution >= 0.6 is 11.3 Å². The lowest BCUT2D eigenvalue weighted by atomic mass is 10.1. The fraction of sp³-hybridized carbons (Fsp3) is 0.529. The molecule has 1 saturated carbocycles. The molecule has 0 spiro atoms. The number of aryl methyl sites for hydroxylation is 2. The van der Waals surface area contributed by atoms with Crippen LogP contribution in [0.15, 0.2) is 17.6 Å². The van der Waals surface area contributed by atoms with E-state index in [0.29, 0.717) is 12.2 Å². The minimum absolute atomic E-state index is 0.00944. The van der Waals surface area contributed by atoms with Crippen LogP contribution in [0.4, 0.5) is 0 Å². The van der Waals surface area contributed by atoms with Crippen LogP contribution in [0.1, 0.15) is 34.8 Å². The van der Waals surface area contributed by atoms with Crippen molar-refractivity contribution in [3.63, 3.8) is 0 Å². The van der Waals surface area contributed by atoms with Crippen molar-refractivity contribution in [3.05, 3.63) is 28.3 Å². The summed E-state index contributed by atoms with van der Waals surface area (Å²) in [6, 6.07) is 1.90. The quantitative estimate of drug-likeness (QED) is 0.936. The molecular weight excluding hydrogens is 310 g/mol. The van der Waals surface area contributed by atoms with Gasteiger partial charge in [-0.2, -0.15) is 0 Å². The predicted molar refractivity (Wildman–Crippen MR) is 91.6 cm³/mol. The summed E-state index contributed by atoms with van der Waals surface area (Å²) >= 11 is 1.61. The maximum absolute atomic E-state index is 12.7. The van der Waals surface area contributed by atoms with Crippen molar-refractivity contribution in [3.8, 4) is 11.3 Å². The van der Waals surface area contributed by atoms with E-state index in [1.807, 2.05) is 43.2 Å². The van der Waals surface area contributed by atoms with Gasteiger partial charge in [-0.05, 0) is 25.8 Å². The van der Waals surface area contributed by atoms with Crippen molar-refractivity contribution in [2.24, 2.45) is 13.0 Å². The zero-order valence-corrected chi connectivity index (χ0v) is 14.6. The monoisotopic (exact) mass is 333 g/mol. The summed E-state index contributed by atoms with van der Waals surface area (Å²) < 4.78 is 1.86. The fourth-order valence-corrected chi connectivity index (χ4v) is 3.90. The van der Waals surface area contributed by atoms with E-state index >= 15 is 0 Å². The summed E-state index contributed by atoms with van der Waals surface area (Å²) in [7, 11) is 3.70. The Morgan fingerprint density at radius 2 is 2.30 bits per heavy atom. The molecule has 0 aliphatic heterocycles. The normalized spacial score (nSPS) is 20.9. The maximum atomic E-state index is 12.7. The van der Waals surface area contributed by atoms with Gasteiger partial charge < -0.3 is 14.6 Å². The first kappa shape index (κ1) is 16.2. The Morgan fingerprint density at radius 3 is 2.91 bits per heavy atom. The third-order valence-corrected chi connectivity index (χ3v) is 5.39. The summed E-state index contributed by atoms with van der Waals surface area (Å²) in [5, 5.41) is 13.0. The molecule has 3 rings (SSSR count). The highest BCUT2D eigenvalue weighted by molar-refractivity contribution is 7.09. The van der Waals surface area contributed by atoms with Crippen molar-refractivity contribution < 1.29 is 9.90 Å². The van der Waals surface area contributed by atoms with Gasteiger partial charge in [0.15, 0.2) is 0 Å². The third kappa shape index (κ3) is 3.33. The first-order chi connectivity index (χ1) is 11.0. The van der Waals surface area contributed by atoms with Gasteiger partial charge in [0.1, 0.15) is 5.69 Å². The molecule has 0 aromatic carbocycles. The van der Waals surface area contributed by atoms with Crippen LogP contribution in [-0.2, 0) is 7.05 Å². The van der Waals surface area contributed by atoms with Crippen molar-refractivity contribution in [1.82, 2.24) is 14.5 Å². The Morgan fingerprint density at radius 1 is 1.52 bits per heavy atom. The molecule has 6 heteroatoms. The number of nitrogens with zero attached hydrogens (tertiary/aromatic N) is 3. The highest BCUT2D eigenvalue weighted by atomic mass is 32.1. The van der Waals surface area contributed by atoms with Gasteiger partial charge in [0, 0.05) is 43.7 Å². The summed E-state index contributed by atoms with van der Waals surface area (Å²) in [4.78, 5) is 18.9. The number of hydrogen-bond donors (Lipinski definition) is 1. The number of rotatable bonds is 4. The van der Waals surface area contributed by atoms with Crippen LogP contribution in [0.25, 0.3) is 11.3 Å². The molecule has 1 amide bonds. The SMILES string of the molecule is Cc1nc(-c2cc(C(=O)N(C)CC3CCCC3O)n(C)c2)cs1. The second-order valence-corrected chi connectivity index (χ2v) is 7.48. The molecule has 23 heavy (non-hydrogen) atoms. The summed E-state index contributed by atoms with van der Waals surface area (Å²) in [5.74, 6) is 0.190. The zero-order valence-electron chi connectivity index (χ0n) is 13.8. The van der Waals surface area contributed by atoms with E-state index in [0.717, 1.165) is 35.5 Å². The number of thiazole rings is 1. The molecule has 0 saturated heterocycles. The molecule has 1 fully saturated rings. The van der Waals surface area contributed by atoms with Crippen molar-refractivity contribution in [2.75, 3.05) is 13.6 Å². The second-order valence-electron chi connectivity index (χ2n) is 6.42. The highest BCUT2D eigenvalue weighted by Gasteiger charge is 2.28. The number of aromatic nitrogens is 2. The Balaban J connectivity index is 1.75. The predicted octanol–water partition coefficient (Wildman–Crippen LogP) is 2.69. The molecule has 0 radical (unpaired) electrons. The number of amides is 1. The Bertz CT molecular complexity index is 707. The van der Waals surface area contributed by atoms with E-state index in [-0.39, 0.29) is 17.9 Å². The van der Waals surface area contributed by atoms with Crippen LogP contribution in [0.2, 0.25) is 0 Å². The number of carbonyl (C=O) groups is 1. The van der Waals surface area contributed by atoms with Gasteiger partial charge in [0.25, 0.3) is 5.91 Å². The maximum Gasteiger partial charge on any atom is 0.270 e. The zero-order chi connectivity index (χ0) is 16.6. The lowest BCUT2D eigenvalue weighted by Gasteiger charge is -2.23. The molecule has 1 N–H and O–H groups in total. The van der Waals surface area contributed by atoms with Crippen LogP contribution in [-0.4, -0.2) is 45.2 Å². The summed E-state index contributed by atoms with van der Waals surface area (Å²) in [6.07, 6.45) is 4.57. The average Bonchev–Trinajstić information content (AvgIpc) is 3.20. The fourth-order valence-electron chi connectivity index (χ4n) is 3.27. The lowest BCUT2D eigenvalue weighted by molar-refractivity contribution is 0.0685. The van der Waals surface area contributed by atoms with E-state index in [9.17, 15) is 9.90 Å². The van der Waals surface area contributed by atoms with Crippen LogP contribution in [0.3, 0.4) is 0 Å². The third-order valence-electron chi connectivity index (χ3n) is 4.61. The Hall–Kier alpha value is -1.66. The molecule has 2 aromatic heterocycles. The molecule has 1 aliphatic carbocycles. The molecule has 1 aliphatic rings. The highest BCUT2D eigenvalue weighted by Crippen LogP contribution is 2.27. The van der Waals surface area contributed by atoms with Crippen molar-refractivity contribution >= 4 is 17.2 Å². The van der Waals surface area contributed by atoms with Gasteiger partial charge in [-0.15, -0.1) is 11.3 Å². The molecule has 2 unspecified atom stereocenters. The molecule has 2 aromatic rings. The van der Waals surface area contributed by atoms with E-state index in [1.165, 1.54) is 0 Å². The van der Waals surface area contributed by atoms with Gasteiger partial charge >= 0.3 is 0 Å². The first-order valence-electron chi connectivity index (χ1n) is 7.98. The smallest absolute Gasteiger partial charge is 0.270 e. The van der Waals surface area contributed by atoms with E-state index in [1.54, 1.807) is 16.2 Å². The number of hydrogen-bond acceptors (Lipinski definition) is 4. The van der Waals surface area contributed by atoms with E-state index < -0.39 is 0 Å². The van der Waals surface area contributed by atoms with Gasteiger partial charge in [0.2, 0.25) is 0 Å². The Kier molecular flexibility index (Phi) is 4.55.